The maximum absolute atomic E-state index is 13.3. The molecule has 0 aromatic carbocycles. The molecule has 0 spiro atoms. The van der Waals surface area contributed by atoms with Gasteiger partial charge in [0.05, 0.1) is 11.9 Å². The first-order valence-corrected chi connectivity index (χ1v) is 14.1. The number of ether oxygens (including phenoxy) is 1. The number of rotatable bonds is 9. The first kappa shape index (κ1) is 26.7. The normalized spacial score (nSPS) is 40.8. The topological polar surface area (TPSA) is 66.8 Å². The maximum Gasteiger partial charge on any atom is 0.316 e. The minimum Gasteiger partial charge on any atom is -0.461 e. The second kappa shape index (κ2) is 10.4. The average molecular weight is 480 g/mol. The summed E-state index contributed by atoms with van der Waals surface area (Å²) in [5.74, 6) is 1.16. The second-order valence-electron chi connectivity index (χ2n) is 11.2. The van der Waals surface area contributed by atoms with Crippen molar-refractivity contribution >= 4 is 23.5 Å². The van der Waals surface area contributed by atoms with Crippen LogP contribution in [0.15, 0.2) is 12.7 Å². The summed E-state index contributed by atoms with van der Waals surface area (Å²) in [4.78, 5) is 28.6. The van der Waals surface area contributed by atoms with Crippen LogP contribution >= 0.6 is 11.8 Å². The lowest BCUT2D eigenvalue weighted by Crippen LogP contribution is -2.60. The first-order chi connectivity index (χ1) is 15.6. The van der Waals surface area contributed by atoms with Crippen LogP contribution in [0.1, 0.15) is 73.1 Å². The molecule has 0 amide bonds. The van der Waals surface area contributed by atoms with Crippen molar-refractivity contribution in [3.8, 4) is 0 Å². The summed E-state index contributed by atoms with van der Waals surface area (Å²) in [5.41, 5.74) is -1.17. The molecule has 3 saturated carbocycles. The SMILES string of the molecule is C=CC1(C)CC(OC(=O)CSCCN(CC)CC)C2(C)CCCC3(CCC(=O)C23)C(C)C1O. The van der Waals surface area contributed by atoms with E-state index in [9.17, 15) is 14.7 Å². The predicted octanol–water partition coefficient (Wildman–Crippen LogP) is 4.72. The quantitative estimate of drug-likeness (QED) is 0.293. The van der Waals surface area contributed by atoms with E-state index in [1.165, 1.54) is 0 Å². The lowest BCUT2D eigenvalue weighted by Gasteiger charge is -2.59. The Bertz CT molecular complexity index is 740. The van der Waals surface area contributed by atoms with Crippen LogP contribution in [-0.2, 0) is 14.3 Å². The van der Waals surface area contributed by atoms with E-state index in [0.717, 1.165) is 51.1 Å². The van der Waals surface area contributed by atoms with Gasteiger partial charge in [-0.25, -0.2) is 0 Å². The number of aliphatic hydroxyl groups excluding tert-OH is 1. The number of ketones is 1. The maximum atomic E-state index is 13.3. The predicted molar refractivity (Wildman–Crippen MR) is 135 cm³/mol. The molecule has 0 aliphatic heterocycles. The standard InChI is InChI=1S/C27H45NO4S/c1-7-25(5)17-21(32-22(30)18-33-16-15-28(8-2)9-3)26(6)12-10-13-27(19(4)24(25)31)14-11-20(29)23(26)27/h7,19,21,23-24,31H,1,8-18H2,2-6H3. The highest BCUT2D eigenvalue weighted by Crippen LogP contribution is 2.66. The molecule has 0 aromatic heterocycles. The molecule has 188 valence electrons. The van der Waals surface area contributed by atoms with E-state index in [1.54, 1.807) is 11.8 Å². The van der Waals surface area contributed by atoms with Gasteiger partial charge in [0.15, 0.2) is 0 Å². The summed E-state index contributed by atoms with van der Waals surface area (Å²) in [7, 11) is 0. The number of aliphatic hydroxyl groups is 1. The third kappa shape index (κ3) is 4.81. The summed E-state index contributed by atoms with van der Waals surface area (Å²) in [5, 5.41) is 11.5. The summed E-state index contributed by atoms with van der Waals surface area (Å²) in [6.07, 6.45) is 5.61. The Morgan fingerprint density at radius 2 is 1.97 bits per heavy atom. The molecular formula is C27H45NO4S. The Labute approximate surface area is 205 Å². The average Bonchev–Trinajstić information content (AvgIpc) is 3.16. The zero-order valence-corrected chi connectivity index (χ0v) is 22.2. The minimum absolute atomic E-state index is 0.00357. The summed E-state index contributed by atoms with van der Waals surface area (Å²) in [6, 6.07) is 0. The Hall–Kier alpha value is -0.850. The molecular weight excluding hydrogens is 434 g/mol. The van der Waals surface area contributed by atoms with Crippen molar-refractivity contribution in [1.82, 2.24) is 4.90 Å². The molecule has 3 fully saturated rings. The van der Waals surface area contributed by atoms with Crippen molar-refractivity contribution in [1.29, 1.82) is 0 Å². The van der Waals surface area contributed by atoms with Crippen molar-refractivity contribution in [2.75, 3.05) is 31.1 Å². The van der Waals surface area contributed by atoms with Gasteiger partial charge >= 0.3 is 5.97 Å². The Balaban J connectivity index is 1.83. The molecule has 33 heavy (non-hydrogen) atoms. The Morgan fingerprint density at radius 3 is 2.61 bits per heavy atom. The van der Waals surface area contributed by atoms with E-state index in [4.69, 9.17) is 4.74 Å². The molecule has 6 heteroatoms. The van der Waals surface area contributed by atoms with Crippen molar-refractivity contribution in [3.05, 3.63) is 12.7 Å². The largest absolute Gasteiger partial charge is 0.461 e. The fourth-order valence-corrected chi connectivity index (χ4v) is 8.13. The van der Waals surface area contributed by atoms with E-state index >= 15 is 0 Å². The monoisotopic (exact) mass is 479 g/mol. The van der Waals surface area contributed by atoms with Gasteiger partial charge < -0.3 is 14.7 Å². The summed E-state index contributed by atoms with van der Waals surface area (Å²) >= 11 is 1.61. The number of nitrogens with zero attached hydrogens (tertiary/aromatic N) is 1. The van der Waals surface area contributed by atoms with Crippen molar-refractivity contribution < 1.29 is 19.4 Å². The van der Waals surface area contributed by atoms with Gasteiger partial charge in [-0.05, 0) is 50.1 Å². The lowest BCUT2D eigenvalue weighted by atomic mass is 9.46. The molecule has 3 aliphatic carbocycles. The van der Waals surface area contributed by atoms with Crippen LogP contribution in [0.25, 0.3) is 0 Å². The van der Waals surface area contributed by atoms with Gasteiger partial charge in [0.2, 0.25) is 0 Å². The van der Waals surface area contributed by atoms with Crippen LogP contribution in [-0.4, -0.2) is 65.1 Å². The first-order valence-electron chi connectivity index (χ1n) is 12.9. The van der Waals surface area contributed by atoms with Gasteiger partial charge in [-0.1, -0.05) is 47.1 Å². The molecule has 1 N–H and O–H groups in total. The van der Waals surface area contributed by atoms with Crippen LogP contribution in [0.3, 0.4) is 0 Å². The van der Waals surface area contributed by atoms with E-state index in [1.807, 2.05) is 13.0 Å². The summed E-state index contributed by atoms with van der Waals surface area (Å²) < 4.78 is 6.22. The highest BCUT2D eigenvalue weighted by atomic mass is 32.2. The molecule has 0 aromatic rings. The van der Waals surface area contributed by atoms with Crippen molar-refractivity contribution in [2.45, 2.75) is 85.4 Å². The molecule has 5 nitrogen and oxygen atoms in total. The summed E-state index contributed by atoms with van der Waals surface area (Å²) in [6.45, 7) is 17.7. The minimum atomic E-state index is -0.615. The number of esters is 1. The zero-order valence-electron chi connectivity index (χ0n) is 21.4. The molecule has 7 atom stereocenters. The molecule has 2 bridgehead atoms. The fraction of sp³-hybridized carbons (Fsp3) is 0.852. The number of carbonyl (C=O) groups is 2. The van der Waals surface area contributed by atoms with E-state index in [-0.39, 0.29) is 23.2 Å². The smallest absolute Gasteiger partial charge is 0.316 e. The lowest BCUT2D eigenvalue weighted by molar-refractivity contribution is -0.193. The van der Waals surface area contributed by atoms with Crippen molar-refractivity contribution in [3.63, 3.8) is 0 Å². The van der Waals surface area contributed by atoms with Gasteiger partial charge in [0, 0.05) is 35.5 Å². The number of carbonyl (C=O) groups excluding carboxylic acids is 2. The molecule has 3 aliphatic rings. The highest BCUT2D eigenvalue weighted by molar-refractivity contribution is 7.99. The van der Waals surface area contributed by atoms with Crippen LogP contribution in [0.2, 0.25) is 0 Å². The number of hydrogen-bond acceptors (Lipinski definition) is 6. The van der Waals surface area contributed by atoms with Crippen molar-refractivity contribution in [2.24, 2.45) is 28.1 Å². The van der Waals surface area contributed by atoms with Gasteiger partial charge in [-0.3, -0.25) is 9.59 Å². The van der Waals surface area contributed by atoms with Gasteiger partial charge in [0.25, 0.3) is 0 Å². The molecule has 7 unspecified atom stereocenters. The van der Waals surface area contributed by atoms with Gasteiger partial charge in [0.1, 0.15) is 11.9 Å². The van der Waals surface area contributed by atoms with E-state index in [2.05, 4.69) is 39.2 Å². The molecule has 0 heterocycles. The van der Waals surface area contributed by atoms with Crippen LogP contribution < -0.4 is 0 Å². The Kier molecular flexibility index (Phi) is 8.44. The van der Waals surface area contributed by atoms with Crippen LogP contribution in [0.5, 0.6) is 0 Å². The van der Waals surface area contributed by atoms with Crippen LogP contribution in [0.4, 0.5) is 0 Å². The second-order valence-corrected chi connectivity index (χ2v) is 12.3. The number of Topliss-reactive ketones (excluding diaryl/α,β-unsaturated/α-hetero) is 1. The third-order valence-electron chi connectivity index (χ3n) is 9.57. The van der Waals surface area contributed by atoms with E-state index in [0.29, 0.717) is 24.4 Å². The third-order valence-corrected chi connectivity index (χ3v) is 10.5. The number of hydrogen-bond donors (Lipinski definition) is 1. The molecule has 0 saturated heterocycles. The van der Waals surface area contributed by atoms with Crippen LogP contribution in [0, 0.1) is 28.1 Å². The molecule has 0 radical (unpaired) electrons. The van der Waals surface area contributed by atoms with E-state index < -0.39 is 23.0 Å². The fourth-order valence-electron chi connectivity index (χ4n) is 7.37. The molecule has 3 rings (SSSR count). The zero-order chi connectivity index (χ0) is 24.4. The van der Waals surface area contributed by atoms with Gasteiger partial charge in [-0.2, -0.15) is 0 Å². The Morgan fingerprint density at radius 1 is 1.27 bits per heavy atom. The van der Waals surface area contributed by atoms with Gasteiger partial charge in [-0.15, -0.1) is 18.3 Å². The number of thioether (sulfide) groups is 1. The highest BCUT2D eigenvalue weighted by Gasteiger charge is 2.66.